The van der Waals surface area contributed by atoms with Crippen molar-refractivity contribution in [1.82, 2.24) is 0 Å². The third-order valence-corrected chi connectivity index (χ3v) is 4.48. The Labute approximate surface area is 172 Å². The molecule has 1 rings (SSSR count). The van der Waals surface area contributed by atoms with Gasteiger partial charge in [0.05, 0.1) is 6.10 Å². The fourth-order valence-electron chi connectivity index (χ4n) is 2.50. The Morgan fingerprint density at radius 1 is 0.750 bits per heavy atom. The summed E-state index contributed by atoms with van der Waals surface area (Å²) in [7, 11) is 3.63. The first-order valence-electron chi connectivity index (χ1n) is 8.34. The second kappa shape index (κ2) is 8.45. The zero-order chi connectivity index (χ0) is 25.6. The first-order valence-corrected chi connectivity index (χ1v) is 8.34. The second-order valence-corrected chi connectivity index (χ2v) is 6.92. The predicted octanol–water partition coefficient (Wildman–Crippen LogP) is 6.57. The lowest BCUT2D eigenvalue weighted by Crippen LogP contribution is -2.70. The highest BCUT2D eigenvalue weighted by Crippen LogP contribution is 2.61. The van der Waals surface area contributed by atoms with Crippen LogP contribution in [0.3, 0.4) is 0 Å². The van der Waals surface area contributed by atoms with Crippen LogP contribution < -0.4 is 4.90 Å². The maximum Gasteiger partial charge on any atom is 0.460 e. The number of ether oxygens (including phenoxy) is 1. The summed E-state index contributed by atoms with van der Waals surface area (Å²) < 4.78 is 176. The molecule has 1 aromatic carbocycles. The summed E-state index contributed by atoms with van der Waals surface area (Å²) in [4.78, 5) is 1.41. The van der Waals surface area contributed by atoms with Crippen molar-refractivity contribution in [2.75, 3.05) is 26.1 Å². The van der Waals surface area contributed by atoms with E-state index in [0.717, 1.165) is 12.1 Å². The Morgan fingerprint density at radius 3 is 1.62 bits per heavy atom. The van der Waals surface area contributed by atoms with Crippen LogP contribution in [-0.4, -0.2) is 57.0 Å². The van der Waals surface area contributed by atoms with Gasteiger partial charge < -0.3 is 9.64 Å². The van der Waals surface area contributed by atoms with E-state index < -0.39 is 48.3 Å². The molecule has 0 fully saturated rings. The van der Waals surface area contributed by atoms with Crippen molar-refractivity contribution >= 4 is 5.69 Å². The molecule has 0 aliphatic rings. The Hall–Kier alpha value is -1.93. The molecule has 0 aromatic heterocycles. The van der Waals surface area contributed by atoms with Crippen LogP contribution in [0.2, 0.25) is 0 Å². The lowest BCUT2D eigenvalue weighted by atomic mass is 9.90. The molecule has 0 aliphatic heterocycles. The summed E-state index contributed by atoms with van der Waals surface area (Å²) >= 11 is 0. The number of alkyl halides is 13. The largest absolute Gasteiger partial charge is 0.460 e. The molecule has 0 N–H and O–H groups in total. The molecule has 32 heavy (non-hydrogen) atoms. The van der Waals surface area contributed by atoms with Crippen LogP contribution in [-0.2, 0) is 4.74 Å². The van der Waals surface area contributed by atoms with Gasteiger partial charge in [0, 0.05) is 33.3 Å². The van der Waals surface area contributed by atoms with Crippen molar-refractivity contribution in [3.05, 3.63) is 29.8 Å². The second-order valence-electron chi connectivity index (χ2n) is 6.92. The first-order chi connectivity index (χ1) is 14.1. The third kappa shape index (κ3) is 4.44. The molecule has 0 aliphatic carbocycles. The number of anilines is 1. The maximum atomic E-state index is 14.1. The van der Waals surface area contributed by atoms with Crippen molar-refractivity contribution in [2.24, 2.45) is 0 Å². The summed E-state index contributed by atoms with van der Waals surface area (Å²) in [6.45, 7) is 0. The summed E-state index contributed by atoms with van der Waals surface area (Å²) in [5.74, 6) is -37.0. The molecule has 1 atom stereocenters. The lowest BCUT2D eigenvalue weighted by molar-refractivity contribution is -0.440. The minimum Gasteiger partial charge on any atom is -0.378 e. The topological polar surface area (TPSA) is 12.5 Å². The van der Waals surface area contributed by atoms with E-state index in [1.54, 1.807) is 0 Å². The van der Waals surface area contributed by atoms with Gasteiger partial charge in [0.15, 0.2) is 0 Å². The first kappa shape index (κ1) is 28.1. The molecule has 186 valence electrons. The summed E-state index contributed by atoms with van der Waals surface area (Å²) in [6, 6.07) is 4.75. The number of benzene rings is 1. The highest BCUT2D eigenvalue weighted by atomic mass is 19.4. The minimum atomic E-state index is -7.92. The van der Waals surface area contributed by atoms with Crippen LogP contribution in [0, 0.1) is 0 Å². The van der Waals surface area contributed by atoms with E-state index in [4.69, 9.17) is 0 Å². The number of hydrogen-bond acceptors (Lipinski definition) is 2. The van der Waals surface area contributed by atoms with E-state index in [-0.39, 0.29) is 5.56 Å². The van der Waals surface area contributed by atoms with Crippen LogP contribution in [0.25, 0.3) is 0 Å². The molecule has 2 nitrogen and oxygen atoms in total. The van der Waals surface area contributed by atoms with Gasteiger partial charge in [-0.15, -0.1) is 0 Å². The van der Waals surface area contributed by atoms with Crippen molar-refractivity contribution < 1.29 is 61.8 Å². The van der Waals surface area contributed by atoms with Gasteiger partial charge in [-0.1, -0.05) is 12.1 Å². The van der Waals surface area contributed by atoms with Gasteiger partial charge in [-0.2, -0.15) is 57.1 Å². The van der Waals surface area contributed by atoms with Gasteiger partial charge in [-0.3, -0.25) is 0 Å². The van der Waals surface area contributed by atoms with Gasteiger partial charge >= 0.3 is 35.8 Å². The molecular weight excluding hydrogens is 481 g/mol. The zero-order valence-corrected chi connectivity index (χ0v) is 16.4. The van der Waals surface area contributed by atoms with Gasteiger partial charge in [0.2, 0.25) is 0 Å². The smallest absolute Gasteiger partial charge is 0.378 e. The van der Waals surface area contributed by atoms with Crippen molar-refractivity contribution in [2.45, 2.75) is 48.3 Å². The van der Waals surface area contributed by atoms with Gasteiger partial charge in [0.25, 0.3) is 0 Å². The standard InChI is InChI=1S/C17H16F13NO/c1-31(2)10-6-4-5-9(7-10)11(32-3)8-12(18,19)13(20,21)14(22,23)15(24,25)16(26,27)17(28,29)30/h4-7,11H,8H2,1-3H3. The number of rotatable bonds is 9. The summed E-state index contributed by atoms with van der Waals surface area (Å²) in [6.07, 6.45) is -12.0. The van der Waals surface area contributed by atoms with E-state index >= 15 is 0 Å². The van der Waals surface area contributed by atoms with Gasteiger partial charge in [0.1, 0.15) is 0 Å². The average Bonchev–Trinajstić information content (AvgIpc) is 2.64. The number of methoxy groups -OCH3 is 1. The van der Waals surface area contributed by atoms with Crippen LogP contribution in [0.4, 0.5) is 62.8 Å². The molecule has 0 saturated carbocycles. The van der Waals surface area contributed by atoms with E-state index in [2.05, 4.69) is 4.74 Å². The Morgan fingerprint density at radius 2 is 1.22 bits per heavy atom. The van der Waals surface area contributed by atoms with E-state index in [1.165, 1.54) is 31.1 Å². The van der Waals surface area contributed by atoms with Crippen molar-refractivity contribution in [1.29, 1.82) is 0 Å². The molecule has 15 heteroatoms. The molecular formula is C17H16F13NO. The summed E-state index contributed by atoms with van der Waals surface area (Å²) in [5.41, 5.74) is -0.0221. The molecule has 1 aromatic rings. The fourth-order valence-corrected chi connectivity index (χ4v) is 2.50. The lowest BCUT2D eigenvalue weighted by Gasteiger charge is -2.40. The Balaban J connectivity index is 3.42. The van der Waals surface area contributed by atoms with Crippen LogP contribution >= 0.6 is 0 Å². The van der Waals surface area contributed by atoms with Gasteiger partial charge in [-0.25, -0.2) is 0 Å². The highest BCUT2D eigenvalue weighted by Gasteiger charge is 2.90. The van der Waals surface area contributed by atoms with Crippen molar-refractivity contribution in [3.63, 3.8) is 0 Å². The number of halogens is 13. The van der Waals surface area contributed by atoms with Gasteiger partial charge in [-0.05, 0) is 17.7 Å². The zero-order valence-electron chi connectivity index (χ0n) is 16.4. The number of nitrogens with zero attached hydrogens (tertiary/aromatic N) is 1. The molecule has 0 bridgehead atoms. The van der Waals surface area contributed by atoms with E-state index in [0.29, 0.717) is 12.8 Å². The molecule has 1 unspecified atom stereocenters. The minimum absolute atomic E-state index is 0.293. The number of hydrogen-bond donors (Lipinski definition) is 0. The molecule has 0 saturated heterocycles. The normalized spacial score (nSPS) is 15.6. The molecule has 0 radical (unpaired) electrons. The maximum absolute atomic E-state index is 14.1. The monoisotopic (exact) mass is 497 g/mol. The third-order valence-electron chi connectivity index (χ3n) is 4.48. The predicted molar refractivity (Wildman–Crippen MR) is 85.9 cm³/mol. The van der Waals surface area contributed by atoms with Crippen LogP contribution in [0.15, 0.2) is 24.3 Å². The summed E-state index contributed by atoms with van der Waals surface area (Å²) in [5, 5.41) is 0. The molecule has 0 amide bonds. The van der Waals surface area contributed by atoms with E-state index in [9.17, 15) is 57.1 Å². The molecule has 0 spiro atoms. The quantitative estimate of drug-likeness (QED) is 0.358. The Kier molecular flexibility index (Phi) is 7.42. The Bertz CT molecular complexity index is 789. The average molecular weight is 497 g/mol. The SMILES string of the molecule is COC(CC(F)(F)C(F)(F)C(F)(F)C(F)(F)C(F)(F)C(F)(F)F)c1cccc(N(C)C)c1. The fraction of sp³-hybridized carbons (Fsp3) is 0.647. The van der Waals surface area contributed by atoms with Crippen molar-refractivity contribution in [3.8, 4) is 0 Å². The highest BCUT2D eigenvalue weighted by molar-refractivity contribution is 5.47. The molecule has 0 heterocycles. The van der Waals surface area contributed by atoms with Crippen LogP contribution in [0.5, 0.6) is 0 Å². The van der Waals surface area contributed by atoms with E-state index in [1.807, 2.05) is 0 Å². The van der Waals surface area contributed by atoms with Crippen LogP contribution in [0.1, 0.15) is 18.1 Å².